The molecule has 0 unspecified atom stereocenters. The Hall–Kier alpha value is -12.5. The van der Waals surface area contributed by atoms with Gasteiger partial charge in [-0.2, -0.15) is 26.0 Å². The van der Waals surface area contributed by atoms with E-state index in [1.165, 1.54) is 12.1 Å². The van der Waals surface area contributed by atoms with E-state index >= 15 is 0 Å². The molecule has 30 nitrogen and oxygen atoms in total. The van der Waals surface area contributed by atoms with Crippen LogP contribution in [0.2, 0.25) is 0 Å². The maximum Gasteiger partial charge on any atom is 2.00 e. The van der Waals surface area contributed by atoms with Crippen LogP contribution in [0.1, 0.15) is 121 Å². The summed E-state index contributed by atoms with van der Waals surface area (Å²) in [5, 5.41) is 97.6. The first-order chi connectivity index (χ1) is 54.5. The number of nitrogens with one attached hydrogen (secondary N) is 2. The van der Waals surface area contributed by atoms with Crippen molar-refractivity contribution in [2.24, 2.45) is 27.7 Å². The van der Waals surface area contributed by atoms with E-state index in [0.29, 0.717) is 156 Å². The van der Waals surface area contributed by atoms with Gasteiger partial charge in [0.2, 0.25) is 23.5 Å². The van der Waals surface area contributed by atoms with Crippen LogP contribution < -0.4 is 41.0 Å². The summed E-state index contributed by atoms with van der Waals surface area (Å²) in [6.07, 6.45) is 2.31. The standard InChI is InChI=1S/C25H25N5O4.C15H18N2O4.C10H11N3O2.C9H11BrN2O2.C9H8BrNO.C7H4BrNO.CH3F.2CN.Zn/c1-2-33-21-9-8-19(14-20(21)15-26)23-28-25(34-29-23)18-10-12-30(13-11-18)22(31)16-27-24(32)17-6-4-3-5-7-17;18-13(17-8-6-12(7-9-17)15(20)21)10-16-14(19)11-4-2-1-3-5-11;1-2-15-9-4-3-7(10(12)13-14)5-8(9)6-11;1-2-14-8-4-3-6(5-7(8)10)9(11)12-13;1-2-12-9-4-3-7(6-11)5-8(9)10;8-6-3-5(4-9)1-2-7(6)10;3*1-2;/h3-9,14,18H,2,10-13,16H2,1H3,(H,27,32);1-5,12H,6-10H2,(H,16,19)(H,20,21);3-5,14H,2H2,1H3,(H2,12,13);3-5,13H,2H2,1H3,(H2,11,12);3-5H,2H2,1H3;1-3,10H;1H3;;;/q;;;;;;;2*-1;+2/i;;;;;;1D;;;. The number of aromatic nitrogens is 2. The van der Waals surface area contributed by atoms with Crippen LogP contribution >= 0.6 is 47.8 Å². The number of alkyl halides is 1. The summed E-state index contributed by atoms with van der Waals surface area (Å²) >= 11 is 9.73. The number of carbonyl (C=O) groups excluding carboxylic acids is 4. The molecule has 113 heavy (non-hydrogen) atoms. The van der Waals surface area contributed by atoms with Gasteiger partial charge in [-0.3, -0.25) is 28.4 Å². The molecular weight excluding hydrogens is 1710 g/mol. The minimum absolute atomic E-state index is 0. The Balaban J connectivity index is 0.000000707. The van der Waals surface area contributed by atoms with Gasteiger partial charge in [0.25, 0.3) is 11.8 Å². The molecule has 3 heterocycles. The molecular formula is C78H80Br3FN16O14Zn. The quantitative estimate of drug-likeness (QED) is 0.00930. The molecule has 2 aliphatic heterocycles. The second-order valence-corrected chi connectivity index (χ2v) is 24.8. The number of rotatable bonds is 19. The fourth-order valence-electron chi connectivity index (χ4n) is 9.75. The molecule has 0 atom stereocenters. The van der Waals surface area contributed by atoms with Gasteiger partial charge in [0.15, 0.2) is 11.7 Å². The molecule has 0 saturated carbocycles. The van der Waals surface area contributed by atoms with Gasteiger partial charge in [0.1, 0.15) is 40.9 Å². The van der Waals surface area contributed by atoms with Gasteiger partial charge < -0.3 is 99.7 Å². The summed E-state index contributed by atoms with van der Waals surface area (Å²) in [5.74, 6) is 1.68. The van der Waals surface area contributed by atoms with Crippen molar-refractivity contribution in [3.63, 3.8) is 0 Å². The number of phenolic OH excluding ortho intramolecular Hbond substituents is 1. The zero-order valence-corrected chi connectivity index (χ0v) is 69.5. The van der Waals surface area contributed by atoms with Crippen LogP contribution in [0.5, 0.6) is 28.7 Å². The summed E-state index contributed by atoms with van der Waals surface area (Å²) in [5.41, 5.74) is 15.6. The number of hydrogen-bond donors (Lipinski definition) is 8. The van der Waals surface area contributed by atoms with Crippen LogP contribution in [0.25, 0.3) is 11.4 Å². The van der Waals surface area contributed by atoms with E-state index in [2.05, 4.69) is 91.0 Å². The van der Waals surface area contributed by atoms with E-state index in [0.717, 1.165) is 20.4 Å². The van der Waals surface area contributed by atoms with Gasteiger partial charge in [-0.05, 0) is 216 Å². The van der Waals surface area contributed by atoms with E-state index in [4.69, 9.17) is 96.4 Å². The summed E-state index contributed by atoms with van der Waals surface area (Å²) < 4.78 is 44.4. The summed E-state index contributed by atoms with van der Waals surface area (Å²) in [7, 11) is -1.00. The third-order valence-electron chi connectivity index (χ3n) is 15.2. The monoisotopic (exact) mass is 1790 g/mol. The van der Waals surface area contributed by atoms with Crippen molar-refractivity contribution in [2.75, 3.05) is 72.8 Å². The predicted octanol–water partition coefficient (Wildman–Crippen LogP) is 12.4. The van der Waals surface area contributed by atoms with Crippen LogP contribution in [-0.2, 0) is 33.9 Å². The summed E-state index contributed by atoms with van der Waals surface area (Å²) in [6.45, 7) is 21.0. The maximum absolute atomic E-state index is 12.5. The van der Waals surface area contributed by atoms with Crippen molar-refractivity contribution in [2.45, 2.75) is 59.3 Å². The molecule has 2 fully saturated rings. The molecule has 0 radical (unpaired) electrons. The number of carbonyl (C=O) groups is 5. The molecule has 10 N–H and O–H groups in total. The number of nitriles is 4. The van der Waals surface area contributed by atoms with Crippen molar-refractivity contribution in [3.8, 4) is 64.4 Å². The average molecular weight is 1790 g/mol. The molecule has 2 aliphatic rings. The number of nitrogens with two attached hydrogens (primary N) is 2. The smallest absolute Gasteiger partial charge is 0.512 e. The average Bonchev–Trinajstić information content (AvgIpc) is 1.64. The van der Waals surface area contributed by atoms with Crippen LogP contribution in [0.4, 0.5) is 4.39 Å². The Labute approximate surface area is 692 Å². The minimum Gasteiger partial charge on any atom is -0.512 e. The summed E-state index contributed by atoms with van der Waals surface area (Å²) in [6, 6.07) is 50.7. The first-order valence-electron chi connectivity index (χ1n) is 34.2. The molecule has 35 heteroatoms. The Morgan fingerprint density at radius 2 is 0.965 bits per heavy atom. The van der Waals surface area contributed by atoms with Crippen molar-refractivity contribution < 1.29 is 93.3 Å². The number of amides is 4. The van der Waals surface area contributed by atoms with Crippen molar-refractivity contribution >= 4 is 89.1 Å². The fraction of sp³-hybridized carbons (Fsp3) is 0.269. The Morgan fingerprint density at radius 1 is 0.575 bits per heavy atom. The second-order valence-electron chi connectivity index (χ2n) is 22.2. The molecule has 0 bridgehead atoms. The second kappa shape index (κ2) is 55.8. The fourth-order valence-corrected chi connectivity index (χ4v) is 11.1. The van der Waals surface area contributed by atoms with Gasteiger partial charge in [-0.25, -0.2) is 0 Å². The predicted molar refractivity (Wildman–Crippen MR) is 419 cm³/mol. The molecule has 0 aliphatic carbocycles. The van der Waals surface area contributed by atoms with E-state index < -0.39 is 13.1 Å². The first kappa shape index (κ1) is 96.6. The number of piperidine rings is 2. The number of carboxylic acid groups (broad SMARTS) is 1. The van der Waals surface area contributed by atoms with Crippen molar-refractivity contribution in [1.29, 1.82) is 31.6 Å². The van der Waals surface area contributed by atoms with Gasteiger partial charge in [-0.15, -0.1) is 0 Å². The number of benzene rings is 7. The molecule has 2 saturated heterocycles. The Bertz CT molecular complexity index is 4640. The number of oxime groups is 2. The number of nitrogens with zero attached hydrogens (tertiary/aromatic N) is 12. The maximum atomic E-state index is 12.5. The molecule has 10 rings (SSSR count). The zero-order valence-electron chi connectivity index (χ0n) is 62.8. The topological polar surface area (TPSA) is 492 Å². The number of hydrogen-bond acceptors (Lipinski definition) is 23. The number of amidine groups is 2. The number of halogens is 4. The number of carboxylic acids is 1. The van der Waals surface area contributed by atoms with Crippen molar-refractivity contribution in [3.05, 3.63) is 229 Å². The third-order valence-corrected chi connectivity index (χ3v) is 17.1. The normalized spacial score (nSPS) is 11.8. The molecule has 7 aromatic carbocycles. The number of aromatic hydroxyl groups is 1. The number of ether oxygens (including phenoxy) is 4. The Kier molecular flexibility index (Phi) is 47.7. The van der Waals surface area contributed by atoms with Gasteiger partial charge in [-0.1, -0.05) is 51.9 Å². The van der Waals surface area contributed by atoms with Crippen LogP contribution in [0.15, 0.2) is 180 Å². The molecule has 586 valence electrons. The Morgan fingerprint density at radius 3 is 1.37 bits per heavy atom. The van der Waals surface area contributed by atoms with E-state index in [9.17, 15) is 33.6 Å². The van der Waals surface area contributed by atoms with Crippen LogP contribution in [0.3, 0.4) is 0 Å². The van der Waals surface area contributed by atoms with Gasteiger partial charge >= 0.3 is 25.4 Å². The van der Waals surface area contributed by atoms with E-state index in [-0.39, 0.29) is 85.5 Å². The van der Waals surface area contributed by atoms with Crippen LogP contribution in [-0.4, -0.2) is 155 Å². The van der Waals surface area contributed by atoms with Crippen LogP contribution in [0, 0.1) is 74.9 Å². The molecule has 1 aromatic heterocycles. The zero-order chi connectivity index (χ0) is 84.2. The molecule has 8 aromatic rings. The van der Waals surface area contributed by atoms with E-state index in [1.807, 2.05) is 52.0 Å². The van der Waals surface area contributed by atoms with Gasteiger partial charge in [0, 0.05) is 59.9 Å². The number of aliphatic carboxylic acids is 1. The SMILES string of the molecule is CCOc1ccc(-c2noc(C3CCN(C(=O)CNC(=O)c4ccccc4)CC3)n2)cc1C#N.CCOc1ccc(/C(N)=N/O)cc1Br.CCOc1ccc(/C(N)=N/O)cc1C#N.CCOc1ccc(C#N)cc1Br.N#Cc1ccc(O)c(Br)c1.O=C(NCC(=O)N1CCC(C(=O)O)CC1)c1ccccc1.[2H]CF.[C-]#N.[C-]#N.[Zn+2]. The third kappa shape index (κ3) is 33.7. The first-order valence-corrected chi connectivity index (χ1v) is 35.9. The van der Waals surface area contributed by atoms with E-state index in [1.54, 1.807) is 137 Å². The van der Waals surface area contributed by atoms with Gasteiger partial charge in [0.05, 0.1) is 102 Å². The molecule has 0 spiro atoms. The summed E-state index contributed by atoms with van der Waals surface area (Å²) in [4.78, 5) is 67.2. The minimum atomic E-state index is -1.00. The largest absolute Gasteiger partial charge is 2.00 e. The molecule has 4 amide bonds. The number of likely N-dealkylation sites (tertiary alicyclic amines) is 2. The van der Waals surface area contributed by atoms with Crippen molar-refractivity contribution in [1.82, 2.24) is 30.6 Å². The number of phenols is 1.